The van der Waals surface area contributed by atoms with Crippen LogP contribution in [0.5, 0.6) is 5.75 Å². The number of fused-ring (bicyclic) bond motifs is 1. The molecule has 6 atom stereocenters. The Morgan fingerprint density at radius 2 is 1.36 bits per heavy atom. The molecule has 0 amide bonds. The van der Waals surface area contributed by atoms with E-state index in [9.17, 15) is 5.11 Å². The van der Waals surface area contributed by atoms with Gasteiger partial charge in [-0.2, -0.15) is 0 Å². The number of benzene rings is 1. The molecule has 1 aromatic rings. The zero-order chi connectivity index (χ0) is 40.7. The molecule has 0 radical (unpaired) electrons. The first-order chi connectivity index (χ1) is 26.9. The van der Waals surface area contributed by atoms with Crippen LogP contribution in [0.15, 0.2) is 35.9 Å². The second-order valence-electron chi connectivity index (χ2n) is 16.5. The summed E-state index contributed by atoms with van der Waals surface area (Å²) in [4.78, 5) is 0. The molecule has 1 heterocycles. The lowest BCUT2D eigenvalue weighted by atomic mass is 9.89. The molecule has 1 N–H and O–H groups in total. The van der Waals surface area contributed by atoms with Gasteiger partial charge in [0.2, 0.25) is 0 Å². The average Bonchev–Trinajstić information content (AvgIpc) is 3.97. The minimum atomic E-state index is -2.39. The molecule has 8 nitrogen and oxygen atoms in total. The van der Waals surface area contributed by atoms with Crippen molar-refractivity contribution in [3.05, 3.63) is 41.5 Å². The smallest absolute Gasteiger partial charge is 0.194 e. The molecule has 1 aromatic carbocycles. The van der Waals surface area contributed by atoms with Crippen molar-refractivity contribution in [1.29, 1.82) is 0 Å². The van der Waals surface area contributed by atoms with Crippen molar-refractivity contribution in [3.8, 4) is 29.4 Å². The Kier molecular flexibility index (Phi) is 15.5. The van der Waals surface area contributed by atoms with Crippen LogP contribution in [0, 0.1) is 23.7 Å². The second-order valence-corrected chi connectivity index (χ2v) is 30.7. The quantitative estimate of drug-likeness (QED) is 0.103. The molecule has 0 bridgehead atoms. The van der Waals surface area contributed by atoms with Crippen LogP contribution in [-0.4, -0.2) is 85.2 Å². The maximum Gasteiger partial charge on any atom is 0.194 e. The van der Waals surface area contributed by atoms with E-state index in [1.807, 2.05) is 12.1 Å². The SMILES string of the molecule is CC[Si](CC)(CC)O[C@@H]1C=C2C#C[C@@](O[Si](CC)(CC)CC)([C@H]3COC4(CCCC4)O3)[C@@H](O)C#CC[C@]2(O[Si](CC)(CC)CC)[C@H]1OCc1ccc(OC)cc1. The largest absolute Gasteiger partial charge is 0.497 e. The van der Waals surface area contributed by atoms with Gasteiger partial charge in [-0.1, -0.05) is 98.1 Å². The van der Waals surface area contributed by atoms with Gasteiger partial charge in [0, 0.05) is 24.8 Å². The summed E-state index contributed by atoms with van der Waals surface area (Å²) < 4.78 is 48.7. The predicted molar refractivity (Wildman–Crippen MR) is 232 cm³/mol. The second kappa shape index (κ2) is 19.1. The van der Waals surface area contributed by atoms with Crippen LogP contribution in [-0.2, 0) is 34.1 Å². The first kappa shape index (κ1) is 45.3. The lowest BCUT2D eigenvalue weighted by molar-refractivity contribution is -0.185. The maximum absolute atomic E-state index is 12.4. The molecule has 3 aliphatic carbocycles. The van der Waals surface area contributed by atoms with Gasteiger partial charge in [0.25, 0.3) is 0 Å². The van der Waals surface area contributed by atoms with Crippen LogP contribution in [0.3, 0.4) is 0 Å². The fraction of sp³-hybridized carbons (Fsp3) is 0.733. The summed E-state index contributed by atoms with van der Waals surface area (Å²) in [6.07, 6.45) is 3.56. The van der Waals surface area contributed by atoms with Gasteiger partial charge < -0.3 is 37.3 Å². The van der Waals surface area contributed by atoms with Gasteiger partial charge in [-0.05, 0) is 91.0 Å². The van der Waals surface area contributed by atoms with E-state index < -0.39 is 60.3 Å². The topological polar surface area (TPSA) is 84.8 Å². The first-order valence-electron chi connectivity index (χ1n) is 22.0. The molecule has 4 aliphatic rings. The third kappa shape index (κ3) is 8.89. The number of aliphatic hydroxyl groups is 1. The van der Waals surface area contributed by atoms with E-state index in [2.05, 4.69) is 104 Å². The number of ether oxygens (including phenoxy) is 4. The van der Waals surface area contributed by atoms with Crippen molar-refractivity contribution in [2.24, 2.45) is 0 Å². The highest BCUT2D eigenvalue weighted by Crippen LogP contribution is 2.48. The normalized spacial score (nSPS) is 28.7. The fourth-order valence-corrected chi connectivity index (χ4v) is 18.2. The van der Waals surface area contributed by atoms with Crippen LogP contribution in [0.1, 0.15) is 100.0 Å². The monoisotopic (exact) mass is 824 g/mol. The fourth-order valence-electron chi connectivity index (χ4n) is 9.47. The van der Waals surface area contributed by atoms with Crippen molar-refractivity contribution >= 4 is 25.0 Å². The molecule has 1 spiro atoms. The van der Waals surface area contributed by atoms with Gasteiger partial charge in [-0.25, -0.2) is 0 Å². The molecule has 312 valence electrons. The van der Waals surface area contributed by atoms with E-state index >= 15 is 0 Å². The van der Waals surface area contributed by atoms with E-state index in [1.54, 1.807) is 7.11 Å². The molecule has 56 heavy (non-hydrogen) atoms. The van der Waals surface area contributed by atoms with Gasteiger partial charge in [0.1, 0.15) is 23.6 Å². The highest BCUT2D eigenvalue weighted by molar-refractivity contribution is 6.74. The molecular formula is C45H72O8Si3. The molecule has 0 unspecified atom stereocenters. The lowest BCUT2D eigenvalue weighted by Crippen LogP contribution is -2.60. The Morgan fingerprint density at radius 1 is 0.786 bits per heavy atom. The third-order valence-corrected chi connectivity index (χ3v) is 28.1. The van der Waals surface area contributed by atoms with Crippen LogP contribution in [0.25, 0.3) is 0 Å². The zero-order valence-electron chi connectivity index (χ0n) is 36.3. The number of hydrogen-bond acceptors (Lipinski definition) is 8. The zero-order valence-corrected chi connectivity index (χ0v) is 39.3. The highest BCUT2D eigenvalue weighted by atomic mass is 28.4. The van der Waals surface area contributed by atoms with Crippen LogP contribution in [0.2, 0.25) is 54.4 Å². The summed E-state index contributed by atoms with van der Waals surface area (Å²) in [6, 6.07) is 16.6. The number of methoxy groups -OCH3 is 1. The highest BCUT2D eigenvalue weighted by Gasteiger charge is 2.60. The standard InChI is InChI=1S/C45H72O8Si3/c1-11-54(12-2,13-3)51-39-33-37-28-32-45(53-56(17-7,18-8)19-9,41-35-49-43(50-41)29-20-21-30-43)40(46)23-22-31-44(37,52-55(14-4,15-5)16-6)42(39)48-34-36-24-26-38(47-10)27-25-36/h24-27,33,39-42,46H,11-21,29-31,34-35H2,1-10H3/t39-,40+,41-,42+,44-,45+/m1/s1. The maximum atomic E-state index is 12.4. The molecule has 1 saturated carbocycles. The van der Waals surface area contributed by atoms with Crippen molar-refractivity contribution in [2.45, 2.75) is 197 Å². The first-order valence-corrected chi connectivity index (χ1v) is 29.6. The summed E-state index contributed by atoms with van der Waals surface area (Å²) in [5, 5.41) is 12.4. The summed E-state index contributed by atoms with van der Waals surface area (Å²) >= 11 is 0. The van der Waals surface area contributed by atoms with E-state index in [0.29, 0.717) is 19.6 Å². The Bertz CT molecular complexity index is 1570. The van der Waals surface area contributed by atoms with Gasteiger partial charge in [-0.15, -0.1) is 0 Å². The average molecular weight is 825 g/mol. The molecule has 1 aliphatic heterocycles. The number of aliphatic hydroxyl groups excluding tert-OH is 1. The van der Waals surface area contributed by atoms with E-state index in [1.165, 1.54) is 0 Å². The molecule has 0 aromatic heterocycles. The Balaban J connectivity index is 1.73. The van der Waals surface area contributed by atoms with Gasteiger partial charge >= 0.3 is 0 Å². The van der Waals surface area contributed by atoms with E-state index in [4.69, 9.17) is 32.2 Å². The summed E-state index contributed by atoms with van der Waals surface area (Å²) in [5.41, 5.74) is -0.564. The summed E-state index contributed by atoms with van der Waals surface area (Å²) in [5.74, 6) is 14.3. The third-order valence-electron chi connectivity index (χ3n) is 14.2. The Morgan fingerprint density at radius 3 is 1.91 bits per heavy atom. The van der Waals surface area contributed by atoms with E-state index in [-0.39, 0.29) is 6.10 Å². The number of rotatable bonds is 20. The van der Waals surface area contributed by atoms with Crippen molar-refractivity contribution < 1.29 is 37.3 Å². The Hall–Kier alpha value is -1.75. The number of hydrogen-bond donors (Lipinski definition) is 1. The van der Waals surface area contributed by atoms with Crippen LogP contribution < -0.4 is 4.74 Å². The van der Waals surface area contributed by atoms with E-state index in [0.717, 1.165) is 97.0 Å². The van der Waals surface area contributed by atoms with Gasteiger partial charge in [-0.3, -0.25) is 0 Å². The Labute approximate surface area is 342 Å². The van der Waals surface area contributed by atoms with Crippen molar-refractivity contribution in [2.75, 3.05) is 13.7 Å². The van der Waals surface area contributed by atoms with Gasteiger partial charge in [0.15, 0.2) is 42.4 Å². The molecule has 5 rings (SSSR count). The predicted octanol–water partition coefficient (Wildman–Crippen LogP) is 9.89. The molecular weight excluding hydrogens is 753 g/mol. The minimum absolute atomic E-state index is 0.296. The summed E-state index contributed by atoms with van der Waals surface area (Å²) in [7, 11) is -5.20. The molecule has 11 heteroatoms. The summed E-state index contributed by atoms with van der Waals surface area (Å²) in [6.45, 7) is 20.9. The minimum Gasteiger partial charge on any atom is -0.497 e. The van der Waals surface area contributed by atoms with Crippen LogP contribution >= 0.6 is 0 Å². The van der Waals surface area contributed by atoms with Crippen molar-refractivity contribution in [1.82, 2.24) is 0 Å². The van der Waals surface area contributed by atoms with Gasteiger partial charge in [0.05, 0.1) is 26.4 Å². The molecule has 2 fully saturated rings. The lowest BCUT2D eigenvalue weighted by Gasteiger charge is -2.45. The molecule has 1 saturated heterocycles. The van der Waals surface area contributed by atoms with Crippen molar-refractivity contribution in [3.63, 3.8) is 0 Å². The van der Waals surface area contributed by atoms with Crippen LogP contribution in [0.4, 0.5) is 0 Å².